The molecule has 0 radical (unpaired) electrons. The normalized spacial score (nSPS) is 11.0. The standard InChI is InChI=1S/C12H12N2O4S/c1-18-12-7-3-2-6-11(12)13-19(16,17)10-5-4-8-14(15)9-10/h2-9,13H,1H3. The summed E-state index contributed by atoms with van der Waals surface area (Å²) in [6, 6.07) is 9.32. The quantitative estimate of drug-likeness (QED) is 0.672. The largest absolute Gasteiger partial charge is 0.619 e. The second-order valence-electron chi connectivity index (χ2n) is 3.71. The molecule has 0 spiro atoms. The number of nitrogens with one attached hydrogen (secondary N) is 1. The number of hydrogen-bond acceptors (Lipinski definition) is 4. The van der Waals surface area contributed by atoms with Crippen LogP contribution >= 0.6 is 0 Å². The molecular formula is C12H12N2O4S. The van der Waals surface area contributed by atoms with Crippen molar-refractivity contribution in [3.63, 3.8) is 0 Å². The van der Waals surface area contributed by atoms with E-state index in [1.54, 1.807) is 24.3 Å². The topological polar surface area (TPSA) is 82.3 Å². The summed E-state index contributed by atoms with van der Waals surface area (Å²) in [4.78, 5) is -0.115. The molecule has 0 aliphatic carbocycles. The van der Waals surface area contributed by atoms with E-state index in [-0.39, 0.29) is 4.90 Å². The summed E-state index contributed by atoms with van der Waals surface area (Å²) in [6.07, 6.45) is 2.19. The SMILES string of the molecule is COc1ccccc1NS(=O)(=O)c1ccc[n+]([O-])c1. The Bertz CT molecular complexity index is 686. The van der Waals surface area contributed by atoms with Gasteiger partial charge in [-0.15, -0.1) is 0 Å². The van der Waals surface area contributed by atoms with Crippen LogP contribution in [0.25, 0.3) is 0 Å². The van der Waals surface area contributed by atoms with Gasteiger partial charge in [0.05, 0.1) is 12.8 Å². The number of para-hydroxylation sites is 2. The van der Waals surface area contributed by atoms with Gasteiger partial charge in [-0.25, -0.2) is 8.42 Å². The molecule has 0 atom stereocenters. The minimum Gasteiger partial charge on any atom is -0.619 e. The lowest BCUT2D eigenvalue weighted by molar-refractivity contribution is -0.607. The number of hydrogen-bond donors (Lipinski definition) is 1. The average Bonchev–Trinajstić information content (AvgIpc) is 2.39. The molecule has 2 aromatic rings. The van der Waals surface area contributed by atoms with Crippen LogP contribution < -0.4 is 14.2 Å². The van der Waals surface area contributed by atoms with Gasteiger partial charge in [0, 0.05) is 6.07 Å². The molecule has 6 nitrogen and oxygen atoms in total. The molecule has 0 aliphatic rings. The van der Waals surface area contributed by atoms with E-state index >= 15 is 0 Å². The Labute approximate surface area is 110 Å². The Morgan fingerprint density at radius 2 is 1.95 bits per heavy atom. The van der Waals surface area contributed by atoms with Gasteiger partial charge in [-0.05, 0) is 18.2 Å². The van der Waals surface area contributed by atoms with Crippen LogP contribution in [0.4, 0.5) is 5.69 Å². The summed E-state index contributed by atoms with van der Waals surface area (Å²) in [5, 5.41) is 11.1. The van der Waals surface area contributed by atoms with Crippen LogP contribution in [-0.2, 0) is 10.0 Å². The number of aromatic nitrogens is 1. The molecule has 0 saturated heterocycles. The molecular weight excluding hydrogens is 268 g/mol. The van der Waals surface area contributed by atoms with Crippen molar-refractivity contribution in [2.45, 2.75) is 4.90 Å². The summed E-state index contributed by atoms with van der Waals surface area (Å²) in [5.74, 6) is 0.400. The maximum absolute atomic E-state index is 12.1. The Morgan fingerprint density at radius 3 is 2.63 bits per heavy atom. The fourth-order valence-corrected chi connectivity index (χ4v) is 2.60. The van der Waals surface area contributed by atoms with Crippen molar-refractivity contribution < 1.29 is 17.9 Å². The first-order chi connectivity index (χ1) is 9.03. The van der Waals surface area contributed by atoms with Gasteiger partial charge < -0.3 is 9.94 Å². The van der Waals surface area contributed by atoms with Crippen LogP contribution in [0.1, 0.15) is 0 Å². The highest BCUT2D eigenvalue weighted by Gasteiger charge is 2.18. The number of ether oxygens (including phenoxy) is 1. The smallest absolute Gasteiger partial charge is 0.268 e. The maximum Gasteiger partial charge on any atom is 0.268 e. The Morgan fingerprint density at radius 1 is 1.21 bits per heavy atom. The number of methoxy groups -OCH3 is 1. The molecule has 100 valence electrons. The molecule has 0 aliphatic heterocycles. The van der Waals surface area contributed by atoms with Crippen LogP contribution in [0, 0.1) is 5.21 Å². The number of sulfonamides is 1. The Hall–Kier alpha value is -2.28. The average molecular weight is 280 g/mol. The van der Waals surface area contributed by atoms with Gasteiger partial charge in [0.2, 0.25) is 6.20 Å². The van der Waals surface area contributed by atoms with Gasteiger partial charge in [0.25, 0.3) is 10.0 Å². The van der Waals surface area contributed by atoms with Gasteiger partial charge in [-0.2, -0.15) is 4.73 Å². The molecule has 0 unspecified atom stereocenters. The van der Waals surface area contributed by atoms with Crippen LogP contribution in [0.3, 0.4) is 0 Å². The second-order valence-corrected chi connectivity index (χ2v) is 5.39. The molecule has 19 heavy (non-hydrogen) atoms. The highest BCUT2D eigenvalue weighted by Crippen LogP contribution is 2.25. The molecule has 2 rings (SSSR count). The van der Waals surface area contributed by atoms with Crippen molar-refractivity contribution in [1.82, 2.24) is 0 Å². The first-order valence-corrected chi connectivity index (χ1v) is 6.86. The zero-order chi connectivity index (χ0) is 13.9. The van der Waals surface area contributed by atoms with Crippen molar-refractivity contribution in [2.24, 2.45) is 0 Å². The molecule has 1 heterocycles. The van der Waals surface area contributed by atoms with Gasteiger partial charge in [-0.3, -0.25) is 4.72 Å². The van der Waals surface area contributed by atoms with Crippen LogP contribution in [0.15, 0.2) is 53.7 Å². The van der Waals surface area contributed by atoms with Crippen molar-refractivity contribution in [1.29, 1.82) is 0 Å². The lowest BCUT2D eigenvalue weighted by Gasteiger charge is -2.11. The van der Waals surface area contributed by atoms with Crippen LogP contribution in [0.5, 0.6) is 5.75 Å². The number of rotatable bonds is 4. The first-order valence-electron chi connectivity index (χ1n) is 5.37. The van der Waals surface area contributed by atoms with E-state index < -0.39 is 10.0 Å². The van der Waals surface area contributed by atoms with E-state index in [9.17, 15) is 13.6 Å². The van der Waals surface area contributed by atoms with Crippen LogP contribution in [0.2, 0.25) is 0 Å². The van der Waals surface area contributed by atoms with E-state index in [0.29, 0.717) is 16.2 Å². The lowest BCUT2D eigenvalue weighted by atomic mass is 10.3. The molecule has 0 amide bonds. The van der Waals surface area contributed by atoms with Crippen molar-refractivity contribution in [2.75, 3.05) is 11.8 Å². The van der Waals surface area contributed by atoms with Gasteiger partial charge in [0.15, 0.2) is 11.1 Å². The van der Waals surface area contributed by atoms with E-state index in [0.717, 1.165) is 6.20 Å². The zero-order valence-electron chi connectivity index (χ0n) is 10.1. The summed E-state index contributed by atoms with van der Waals surface area (Å²) in [7, 11) is -2.37. The third-order valence-electron chi connectivity index (χ3n) is 2.41. The number of anilines is 1. The molecule has 0 fully saturated rings. The van der Waals surface area contributed by atoms with E-state index in [2.05, 4.69) is 4.72 Å². The van der Waals surface area contributed by atoms with E-state index in [1.165, 1.54) is 25.4 Å². The van der Waals surface area contributed by atoms with Crippen molar-refractivity contribution >= 4 is 15.7 Å². The van der Waals surface area contributed by atoms with Crippen LogP contribution in [-0.4, -0.2) is 15.5 Å². The summed E-state index contributed by atoms with van der Waals surface area (Å²) >= 11 is 0. The predicted molar refractivity (Wildman–Crippen MR) is 69.2 cm³/mol. The number of pyridine rings is 1. The fourth-order valence-electron chi connectivity index (χ4n) is 1.53. The summed E-state index contributed by atoms with van der Waals surface area (Å²) < 4.78 is 32.1. The molecule has 1 aromatic carbocycles. The number of benzene rings is 1. The minimum atomic E-state index is -3.82. The number of nitrogens with zero attached hydrogens (tertiary/aromatic N) is 1. The highest BCUT2D eigenvalue weighted by atomic mass is 32.2. The monoisotopic (exact) mass is 280 g/mol. The Balaban J connectivity index is 2.37. The van der Waals surface area contributed by atoms with Crippen molar-refractivity contribution in [3.8, 4) is 5.75 Å². The minimum absolute atomic E-state index is 0.115. The van der Waals surface area contributed by atoms with E-state index in [1.807, 2.05) is 0 Å². The summed E-state index contributed by atoms with van der Waals surface area (Å²) in [6.45, 7) is 0. The molecule has 1 aromatic heterocycles. The third kappa shape index (κ3) is 2.94. The molecule has 0 bridgehead atoms. The molecule has 1 N–H and O–H groups in total. The van der Waals surface area contributed by atoms with Gasteiger partial charge in [-0.1, -0.05) is 12.1 Å². The first kappa shape index (κ1) is 13.2. The predicted octanol–water partition coefficient (Wildman–Crippen LogP) is 1.13. The Kier molecular flexibility index (Phi) is 3.57. The van der Waals surface area contributed by atoms with Crippen molar-refractivity contribution in [3.05, 3.63) is 54.0 Å². The molecule has 0 saturated carbocycles. The highest BCUT2D eigenvalue weighted by molar-refractivity contribution is 7.92. The second kappa shape index (κ2) is 5.15. The third-order valence-corrected chi connectivity index (χ3v) is 3.76. The fraction of sp³-hybridized carbons (Fsp3) is 0.0833. The van der Waals surface area contributed by atoms with Gasteiger partial charge in [0.1, 0.15) is 5.75 Å². The maximum atomic E-state index is 12.1. The zero-order valence-corrected chi connectivity index (χ0v) is 10.9. The lowest BCUT2D eigenvalue weighted by Crippen LogP contribution is -2.27. The van der Waals surface area contributed by atoms with E-state index in [4.69, 9.17) is 4.74 Å². The summed E-state index contributed by atoms with van der Waals surface area (Å²) in [5.41, 5.74) is 0.311. The molecule has 7 heteroatoms. The van der Waals surface area contributed by atoms with Gasteiger partial charge >= 0.3 is 0 Å².